The van der Waals surface area contributed by atoms with Crippen LogP contribution in [0.1, 0.15) is 45.1 Å². The van der Waals surface area contributed by atoms with Crippen LogP contribution in [0.15, 0.2) is 24.3 Å². The van der Waals surface area contributed by atoms with Crippen molar-refractivity contribution in [2.75, 3.05) is 46.4 Å². The standard InChI is InChI=1S/C24H37N3O3/c1-19-11-15-27(16-12-19)24(29)20(2)25-13-4-14-26(18-17-25)23(28)10-7-21-5-8-22(30-3)9-6-21/h5-6,8-9,19-20H,4,7,10-18H2,1-3H3. The smallest absolute Gasteiger partial charge is 0.239 e. The monoisotopic (exact) mass is 415 g/mol. The molecule has 2 aliphatic rings. The lowest BCUT2D eigenvalue weighted by Crippen LogP contribution is -2.50. The number of benzene rings is 1. The summed E-state index contributed by atoms with van der Waals surface area (Å²) in [6.45, 7) is 9.19. The van der Waals surface area contributed by atoms with Gasteiger partial charge in [0.05, 0.1) is 13.2 Å². The van der Waals surface area contributed by atoms with E-state index < -0.39 is 0 Å². The van der Waals surface area contributed by atoms with E-state index in [0.29, 0.717) is 13.0 Å². The van der Waals surface area contributed by atoms with E-state index in [1.165, 1.54) is 0 Å². The fraction of sp³-hybridized carbons (Fsp3) is 0.667. The number of piperidine rings is 1. The second-order valence-corrected chi connectivity index (χ2v) is 8.80. The Morgan fingerprint density at radius 2 is 1.70 bits per heavy atom. The molecule has 3 rings (SSSR count). The average Bonchev–Trinajstić information content (AvgIpc) is 3.04. The summed E-state index contributed by atoms with van der Waals surface area (Å²) in [7, 11) is 1.66. The van der Waals surface area contributed by atoms with Crippen LogP contribution < -0.4 is 4.74 Å². The molecule has 0 radical (unpaired) electrons. The highest BCUT2D eigenvalue weighted by molar-refractivity contribution is 5.81. The molecule has 2 fully saturated rings. The number of ether oxygens (including phenoxy) is 1. The molecule has 1 aromatic carbocycles. The van der Waals surface area contributed by atoms with Crippen LogP contribution in [0.2, 0.25) is 0 Å². The first-order valence-corrected chi connectivity index (χ1v) is 11.4. The van der Waals surface area contributed by atoms with Gasteiger partial charge in [0.25, 0.3) is 0 Å². The largest absolute Gasteiger partial charge is 0.497 e. The maximum absolute atomic E-state index is 12.9. The Labute approximate surface area is 181 Å². The van der Waals surface area contributed by atoms with Gasteiger partial charge in [0, 0.05) is 45.7 Å². The van der Waals surface area contributed by atoms with Crippen LogP contribution in [-0.2, 0) is 16.0 Å². The van der Waals surface area contributed by atoms with E-state index in [1.54, 1.807) is 7.11 Å². The van der Waals surface area contributed by atoms with Gasteiger partial charge in [-0.3, -0.25) is 14.5 Å². The Bertz CT molecular complexity index is 698. The summed E-state index contributed by atoms with van der Waals surface area (Å²) in [5.74, 6) is 2.01. The predicted molar refractivity (Wildman–Crippen MR) is 119 cm³/mol. The number of rotatable bonds is 6. The number of nitrogens with zero attached hydrogens (tertiary/aromatic N) is 3. The molecule has 2 saturated heterocycles. The summed E-state index contributed by atoms with van der Waals surface area (Å²) in [6, 6.07) is 7.80. The van der Waals surface area contributed by atoms with Crippen molar-refractivity contribution >= 4 is 11.8 Å². The summed E-state index contributed by atoms with van der Waals surface area (Å²) in [5, 5.41) is 0. The van der Waals surface area contributed by atoms with Gasteiger partial charge >= 0.3 is 0 Å². The van der Waals surface area contributed by atoms with Crippen LogP contribution in [0.5, 0.6) is 5.75 Å². The predicted octanol–water partition coefficient (Wildman–Crippen LogP) is 2.81. The van der Waals surface area contributed by atoms with Crippen molar-refractivity contribution in [3.63, 3.8) is 0 Å². The Kier molecular flexibility index (Phi) is 8.14. The van der Waals surface area contributed by atoms with Crippen molar-refractivity contribution in [1.82, 2.24) is 14.7 Å². The minimum absolute atomic E-state index is 0.104. The Morgan fingerprint density at radius 1 is 1.00 bits per heavy atom. The molecule has 166 valence electrons. The molecule has 1 unspecified atom stereocenters. The van der Waals surface area contributed by atoms with Crippen LogP contribution >= 0.6 is 0 Å². The molecular formula is C24H37N3O3. The van der Waals surface area contributed by atoms with Crippen LogP contribution in [0, 0.1) is 5.92 Å². The highest BCUT2D eigenvalue weighted by atomic mass is 16.5. The number of likely N-dealkylation sites (tertiary alicyclic amines) is 1. The molecule has 0 bridgehead atoms. The van der Waals surface area contributed by atoms with Gasteiger partial charge in [-0.05, 0) is 56.2 Å². The topological polar surface area (TPSA) is 53.1 Å². The molecule has 2 aliphatic heterocycles. The SMILES string of the molecule is COc1ccc(CCC(=O)N2CCCN(C(C)C(=O)N3CCC(C)CC3)CC2)cc1. The zero-order chi connectivity index (χ0) is 21.5. The van der Waals surface area contributed by atoms with Crippen molar-refractivity contribution in [3.05, 3.63) is 29.8 Å². The third-order valence-electron chi connectivity index (χ3n) is 6.67. The second kappa shape index (κ2) is 10.8. The van der Waals surface area contributed by atoms with E-state index in [4.69, 9.17) is 4.74 Å². The molecule has 0 spiro atoms. The molecule has 6 heteroatoms. The zero-order valence-corrected chi connectivity index (χ0v) is 18.8. The van der Waals surface area contributed by atoms with E-state index in [0.717, 1.165) is 75.6 Å². The van der Waals surface area contributed by atoms with Gasteiger partial charge in [-0.25, -0.2) is 0 Å². The van der Waals surface area contributed by atoms with E-state index in [1.807, 2.05) is 41.0 Å². The lowest BCUT2D eigenvalue weighted by molar-refractivity contribution is -0.137. The summed E-state index contributed by atoms with van der Waals surface area (Å²) < 4.78 is 5.19. The lowest BCUT2D eigenvalue weighted by Gasteiger charge is -2.35. The highest BCUT2D eigenvalue weighted by Crippen LogP contribution is 2.19. The van der Waals surface area contributed by atoms with Gasteiger partial charge in [0.15, 0.2) is 0 Å². The third-order valence-corrected chi connectivity index (χ3v) is 6.67. The normalized spacial score (nSPS) is 20.0. The van der Waals surface area contributed by atoms with Crippen molar-refractivity contribution in [2.45, 2.75) is 52.0 Å². The van der Waals surface area contributed by atoms with Crippen molar-refractivity contribution < 1.29 is 14.3 Å². The third kappa shape index (κ3) is 5.97. The number of amides is 2. The molecule has 0 aromatic heterocycles. The number of hydrogen-bond donors (Lipinski definition) is 0. The molecule has 2 heterocycles. The first-order valence-electron chi connectivity index (χ1n) is 11.4. The molecule has 6 nitrogen and oxygen atoms in total. The van der Waals surface area contributed by atoms with E-state index in [-0.39, 0.29) is 17.9 Å². The molecule has 1 atom stereocenters. The van der Waals surface area contributed by atoms with Gasteiger partial charge in [-0.1, -0.05) is 19.1 Å². The molecule has 1 aromatic rings. The Hall–Kier alpha value is -2.08. The fourth-order valence-corrected chi connectivity index (χ4v) is 4.43. The van der Waals surface area contributed by atoms with Crippen LogP contribution in [0.3, 0.4) is 0 Å². The molecule has 0 saturated carbocycles. The van der Waals surface area contributed by atoms with Gasteiger partial charge in [0.2, 0.25) is 11.8 Å². The van der Waals surface area contributed by atoms with Gasteiger partial charge in [-0.2, -0.15) is 0 Å². The van der Waals surface area contributed by atoms with E-state index >= 15 is 0 Å². The molecule has 0 aliphatic carbocycles. The van der Waals surface area contributed by atoms with Crippen LogP contribution in [0.4, 0.5) is 0 Å². The minimum Gasteiger partial charge on any atom is -0.497 e. The number of carbonyl (C=O) groups excluding carboxylic acids is 2. The summed E-state index contributed by atoms with van der Waals surface area (Å²) in [5.41, 5.74) is 1.15. The quantitative estimate of drug-likeness (QED) is 0.717. The van der Waals surface area contributed by atoms with Crippen molar-refractivity contribution in [3.8, 4) is 5.75 Å². The van der Waals surface area contributed by atoms with E-state index in [9.17, 15) is 9.59 Å². The molecular weight excluding hydrogens is 378 g/mol. The molecule has 0 N–H and O–H groups in total. The highest BCUT2D eigenvalue weighted by Gasteiger charge is 2.30. The number of carbonyl (C=O) groups is 2. The summed E-state index contributed by atoms with van der Waals surface area (Å²) in [6.07, 6.45) is 4.39. The van der Waals surface area contributed by atoms with Crippen molar-refractivity contribution in [1.29, 1.82) is 0 Å². The van der Waals surface area contributed by atoms with Gasteiger partial charge in [0.1, 0.15) is 5.75 Å². The van der Waals surface area contributed by atoms with Crippen LogP contribution in [-0.4, -0.2) is 78.9 Å². The number of methoxy groups -OCH3 is 1. The lowest BCUT2D eigenvalue weighted by atomic mass is 9.98. The van der Waals surface area contributed by atoms with Crippen molar-refractivity contribution in [2.24, 2.45) is 5.92 Å². The summed E-state index contributed by atoms with van der Waals surface area (Å²) >= 11 is 0. The Balaban J connectivity index is 1.46. The second-order valence-electron chi connectivity index (χ2n) is 8.80. The van der Waals surface area contributed by atoms with Gasteiger partial charge in [-0.15, -0.1) is 0 Å². The summed E-state index contributed by atoms with van der Waals surface area (Å²) in [4.78, 5) is 31.9. The average molecular weight is 416 g/mol. The maximum atomic E-state index is 12.9. The zero-order valence-electron chi connectivity index (χ0n) is 18.8. The minimum atomic E-state index is -0.104. The number of aryl methyl sites for hydroxylation is 1. The first kappa shape index (κ1) is 22.6. The maximum Gasteiger partial charge on any atom is 0.239 e. The Morgan fingerprint density at radius 3 is 2.37 bits per heavy atom. The van der Waals surface area contributed by atoms with Gasteiger partial charge < -0.3 is 14.5 Å². The molecule has 2 amide bonds. The number of hydrogen-bond acceptors (Lipinski definition) is 4. The van der Waals surface area contributed by atoms with Crippen LogP contribution in [0.25, 0.3) is 0 Å². The fourth-order valence-electron chi connectivity index (χ4n) is 4.43. The first-order chi connectivity index (χ1) is 14.5. The molecule has 30 heavy (non-hydrogen) atoms. The van der Waals surface area contributed by atoms with E-state index in [2.05, 4.69) is 11.8 Å².